The number of anilines is 1. The maximum Gasteiger partial charge on any atom is 0.130 e. The van der Waals surface area contributed by atoms with Gasteiger partial charge in [0.1, 0.15) is 11.6 Å². The molecule has 2 bridgehead atoms. The second-order valence-electron chi connectivity index (χ2n) is 6.36. The van der Waals surface area contributed by atoms with Crippen LogP contribution in [0.4, 0.5) is 5.82 Å². The molecular formula is C16H26N4. The van der Waals surface area contributed by atoms with E-state index in [9.17, 15) is 0 Å². The van der Waals surface area contributed by atoms with Crippen LogP contribution < -0.4 is 5.32 Å². The van der Waals surface area contributed by atoms with Gasteiger partial charge in [0, 0.05) is 29.9 Å². The van der Waals surface area contributed by atoms with Gasteiger partial charge in [-0.1, -0.05) is 13.3 Å². The largest absolute Gasteiger partial charge is 0.367 e. The van der Waals surface area contributed by atoms with Gasteiger partial charge < -0.3 is 10.2 Å². The van der Waals surface area contributed by atoms with Crippen molar-refractivity contribution >= 4 is 5.82 Å². The lowest BCUT2D eigenvalue weighted by atomic mass is 9.82. The Morgan fingerprint density at radius 2 is 1.95 bits per heavy atom. The van der Waals surface area contributed by atoms with E-state index in [1.165, 1.54) is 32.1 Å². The molecule has 1 aromatic heterocycles. The van der Waals surface area contributed by atoms with Crippen LogP contribution in [0.15, 0.2) is 6.07 Å². The van der Waals surface area contributed by atoms with E-state index in [0.717, 1.165) is 35.8 Å². The van der Waals surface area contributed by atoms with Crippen LogP contribution in [0.5, 0.6) is 0 Å². The Morgan fingerprint density at radius 1 is 1.25 bits per heavy atom. The van der Waals surface area contributed by atoms with Crippen LogP contribution in [0, 0.1) is 6.92 Å². The maximum absolute atomic E-state index is 4.55. The lowest BCUT2D eigenvalue weighted by Crippen LogP contribution is -2.52. The molecule has 4 heteroatoms. The molecule has 0 spiro atoms. The third-order valence-electron chi connectivity index (χ3n) is 4.95. The molecule has 1 aromatic rings. The first kappa shape index (κ1) is 13.8. The number of rotatable bonds is 3. The van der Waals surface area contributed by atoms with Crippen LogP contribution in [-0.2, 0) is 6.42 Å². The summed E-state index contributed by atoms with van der Waals surface area (Å²) in [7, 11) is 2.30. The molecule has 0 amide bonds. The minimum atomic E-state index is 0.570. The number of hydrogen-bond acceptors (Lipinski definition) is 4. The first-order valence-corrected chi connectivity index (χ1v) is 7.98. The normalized spacial score (nSPS) is 30.2. The van der Waals surface area contributed by atoms with Crippen molar-refractivity contribution in [3.63, 3.8) is 0 Å². The molecule has 0 aromatic carbocycles. The van der Waals surface area contributed by atoms with E-state index in [4.69, 9.17) is 0 Å². The molecule has 3 rings (SSSR count). The maximum atomic E-state index is 4.55. The van der Waals surface area contributed by atoms with E-state index >= 15 is 0 Å². The van der Waals surface area contributed by atoms with Gasteiger partial charge in [-0.25, -0.2) is 9.97 Å². The fourth-order valence-electron chi connectivity index (χ4n) is 3.83. The van der Waals surface area contributed by atoms with Gasteiger partial charge in [-0.15, -0.1) is 0 Å². The average molecular weight is 274 g/mol. The third-order valence-corrected chi connectivity index (χ3v) is 4.95. The van der Waals surface area contributed by atoms with Crippen molar-refractivity contribution in [1.29, 1.82) is 0 Å². The van der Waals surface area contributed by atoms with E-state index in [0.29, 0.717) is 6.04 Å². The highest BCUT2D eigenvalue weighted by Crippen LogP contribution is 2.33. The van der Waals surface area contributed by atoms with Crippen molar-refractivity contribution in [2.24, 2.45) is 0 Å². The lowest BCUT2D eigenvalue weighted by molar-refractivity contribution is 0.0608. The molecule has 110 valence electrons. The zero-order valence-electron chi connectivity index (χ0n) is 12.9. The number of nitrogens with one attached hydrogen (secondary N) is 1. The highest BCUT2D eigenvalue weighted by molar-refractivity contribution is 5.37. The van der Waals surface area contributed by atoms with Gasteiger partial charge in [-0.2, -0.15) is 0 Å². The smallest absolute Gasteiger partial charge is 0.130 e. The summed E-state index contributed by atoms with van der Waals surface area (Å²) in [5, 5.41) is 3.67. The van der Waals surface area contributed by atoms with Gasteiger partial charge in [0.15, 0.2) is 0 Å². The topological polar surface area (TPSA) is 41.0 Å². The number of aromatic nitrogens is 2. The summed E-state index contributed by atoms with van der Waals surface area (Å²) in [6, 6.07) is 4.20. The van der Waals surface area contributed by atoms with Crippen molar-refractivity contribution < 1.29 is 0 Å². The number of hydrogen-bond donors (Lipinski definition) is 1. The predicted molar refractivity (Wildman–Crippen MR) is 82.0 cm³/mol. The van der Waals surface area contributed by atoms with Crippen LogP contribution in [-0.4, -0.2) is 40.0 Å². The Bertz CT molecular complexity index is 460. The van der Waals surface area contributed by atoms with Crippen molar-refractivity contribution in [2.75, 3.05) is 12.4 Å². The predicted octanol–water partition coefficient (Wildman–Crippen LogP) is 2.77. The fourth-order valence-corrected chi connectivity index (χ4v) is 3.83. The number of piperidine rings is 2. The number of fused-ring (bicyclic) bond motifs is 2. The molecule has 2 unspecified atom stereocenters. The second kappa shape index (κ2) is 5.68. The number of aryl methyl sites for hydroxylation is 2. The summed E-state index contributed by atoms with van der Waals surface area (Å²) in [6.45, 7) is 4.12. The molecule has 2 saturated heterocycles. The van der Waals surface area contributed by atoms with Gasteiger partial charge in [0.05, 0.1) is 0 Å². The van der Waals surface area contributed by atoms with E-state index in [1.54, 1.807) is 0 Å². The van der Waals surface area contributed by atoms with Crippen molar-refractivity contribution in [1.82, 2.24) is 14.9 Å². The Morgan fingerprint density at radius 3 is 2.60 bits per heavy atom. The summed E-state index contributed by atoms with van der Waals surface area (Å²) < 4.78 is 0. The Balaban J connectivity index is 1.70. The van der Waals surface area contributed by atoms with Gasteiger partial charge >= 0.3 is 0 Å². The minimum absolute atomic E-state index is 0.570. The van der Waals surface area contributed by atoms with Gasteiger partial charge in [-0.05, 0) is 46.1 Å². The summed E-state index contributed by atoms with van der Waals surface area (Å²) in [5.41, 5.74) is 1.13. The average Bonchev–Trinajstić information content (AvgIpc) is 2.39. The Labute approximate surface area is 122 Å². The van der Waals surface area contributed by atoms with Crippen molar-refractivity contribution in [3.05, 3.63) is 17.6 Å². The van der Waals surface area contributed by atoms with Crippen LogP contribution in [0.1, 0.15) is 50.5 Å². The molecule has 0 saturated carbocycles. The highest BCUT2D eigenvalue weighted by atomic mass is 15.2. The van der Waals surface area contributed by atoms with E-state index in [2.05, 4.69) is 40.2 Å². The van der Waals surface area contributed by atoms with Gasteiger partial charge in [0.2, 0.25) is 0 Å². The molecule has 2 fully saturated rings. The summed E-state index contributed by atoms with van der Waals surface area (Å²) >= 11 is 0. The highest BCUT2D eigenvalue weighted by Gasteiger charge is 2.35. The molecule has 0 aliphatic carbocycles. The first-order valence-electron chi connectivity index (χ1n) is 7.98. The third kappa shape index (κ3) is 2.80. The molecule has 4 nitrogen and oxygen atoms in total. The molecule has 2 aliphatic rings. The van der Waals surface area contributed by atoms with E-state index in [-0.39, 0.29) is 0 Å². The quantitative estimate of drug-likeness (QED) is 0.920. The minimum Gasteiger partial charge on any atom is -0.367 e. The Kier molecular flexibility index (Phi) is 3.92. The molecule has 2 atom stereocenters. The summed E-state index contributed by atoms with van der Waals surface area (Å²) in [5.74, 6) is 1.89. The number of nitrogens with zero attached hydrogens (tertiary/aromatic N) is 3. The molecular weight excluding hydrogens is 248 g/mol. The first-order chi connectivity index (χ1) is 9.65. The zero-order chi connectivity index (χ0) is 14.1. The van der Waals surface area contributed by atoms with Crippen LogP contribution in [0.25, 0.3) is 0 Å². The zero-order valence-corrected chi connectivity index (χ0v) is 12.9. The summed E-state index contributed by atoms with van der Waals surface area (Å²) in [6.07, 6.45) is 7.58. The Hall–Kier alpha value is -1.16. The van der Waals surface area contributed by atoms with E-state index in [1.807, 2.05) is 6.92 Å². The molecule has 2 aliphatic heterocycles. The van der Waals surface area contributed by atoms with Crippen LogP contribution in [0.2, 0.25) is 0 Å². The SMILES string of the molecule is CCc1cc(NC2CC3CCCC(C2)N3C)nc(C)n1. The second-order valence-corrected chi connectivity index (χ2v) is 6.36. The molecule has 20 heavy (non-hydrogen) atoms. The van der Waals surface area contributed by atoms with Crippen molar-refractivity contribution in [3.8, 4) is 0 Å². The van der Waals surface area contributed by atoms with Crippen molar-refractivity contribution in [2.45, 2.75) is 70.5 Å². The van der Waals surface area contributed by atoms with Gasteiger partial charge in [-0.3, -0.25) is 0 Å². The van der Waals surface area contributed by atoms with Crippen LogP contribution in [0.3, 0.4) is 0 Å². The standard InChI is InChI=1S/C16H26N4/c1-4-12-10-16(18-11(2)17-12)19-13-8-14-6-5-7-15(9-13)20(14)3/h10,13-15H,4-9H2,1-3H3,(H,17,18,19). The molecule has 0 radical (unpaired) electrons. The van der Waals surface area contributed by atoms with Crippen LogP contribution >= 0.6 is 0 Å². The molecule has 1 N–H and O–H groups in total. The monoisotopic (exact) mass is 274 g/mol. The molecule has 3 heterocycles. The van der Waals surface area contributed by atoms with E-state index < -0.39 is 0 Å². The van der Waals surface area contributed by atoms with Gasteiger partial charge in [0.25, 0.3) is 0 Å². The lowest BCUT2D eigenvalue weighted by Gasteiger charge is -2.47. The fraction of sp³-hybridized carbons (Fsp3) is 0.750. The summed E-state index contributed by atoms with van der Waals surface area (Å²) in [4.78, 5) is 11.6.